The SMILES string of the molecule is CCOC(=O)C(CC)c1nn2cnnc2s1. The maximum Gasteiger partial charge on any atom is 0.315 e. The monoisotopic (exact) mass is 240 g/mol. The summed E-state index contributed by atoms with van der Waals surface area (Å²) in [5, 5.41) is 12.6. The first-order valence-electron chi connectivity index (χ1n) is 5.09. The number of aromatic nitrogens is 4. The van der Waals surface area contributed by atoms with Crippen molar-refractivity contribution >= 4 is 22.3 Å². The summed E-state index contributed by atoms with van der Waals surface area (Å²) in [6.45, 7) is 4.12. The molecule has 6 nitrogen and oxygen atoms in total. The largest absolute Gasteiger partial charge is 0.465 e. The lowest BCUT2D eigenvalue weighted by Gasteiger charge is -2.09. The minimum atomic E-state index is -0.299. The molecule has 7 heteroatoms. The standard InChI is InChI=1S/C9H12N4O2S/c1-3-6(8(14)15-4-2)7-12-13-5-10-11-9(13)16-7/h5-6H,3-4H2,1-2H3. The summed E-state index contributed by atoms with van der Waals surface area (Å²) >= 11 is 1.37. The summed E-state index contributed by atoms with van der Waals surface area (Å²) in [5.74, 6) is -0.526. The lowest BCUT2D eigenvalue weighted by Crippen LogP contribution is -2.15. The molecule has 2 rings (SSSR count). The molecule has 0 saturated heterocycles. The van der Waals surface area contributed by atoms with Gasteiger partial charge in [0, 0.05) is 0 Å². The third kappa shape index (κ3) is 1.90. The summed E-state index contributed by atoms with van der Waals surface area (Å²) in [6.07, 6.45) is 2.19. The van der Waals surface area contributed by atoms with E-state index in [2.05, 4.69) is 15.3 Å². The molecule has 0 aliphatic rings. The highest BCUT2D eigenvalue weighted by atomic mass is 32.1. The molecule has 16 heavy (non-hydrogen) atoms. The van der Waals surface area contributed by atoms with Gasteiger partial charge in [-0.25, -0.2) is 0 Å². The van der Waals surface area contributed by atoms with E-state index in [0.717, 1.165) is 5.01 Å². The van der Waals surface area contributed by atoms with E-state index in [0.29, 0.717) is 18.0 Å². The highest BCUT2D eigenvalue weighted by Gasteiger charge is 2.24. The molecular formula is C9H12N4O2S. The maximum absolute atomic E-state index is 11.7. The van der Waals surface area contributed by atoms with Gasteiger partial charge in [-0.3, -0.25) is 4.79 Å². The molecule has 0 bridgehead atoms. The van der Waals surface area contributed by atoms with Gasteiger partial charge in [0.1, 0.15) is 17.3 Å². The number of esters is 1. The van der Waals surface area contributed by atoms with Gasteiger partial charge in [0.05, 0.1) is 6.61 Å². The van der Waals surface area contributed by atoms with Gasteiger partial charge in [-0.05, 0) is 13.3 Å². The zero-order valence-electron chi connectivity index (χ0n) is 9.08. The van der Waals surface area contributed by atoms with E-state index in [9.17, 15) is 4.79 Å². The van der Waals surface area contributed by atoms with Gasteiger partial charge in [0.2, 0.25) is 4.96 Å². The number of carbonyl (C=O) groups excluding carboxylic acids is 1. The number of hydrogen-bond acceptors (Lipinski definition) is 6. The molecule has 0 fully saturated rings. The first-order valence-corrected chi connectivity index (χ1v) is 5.91. The van der Waals surface area contributed by atoms with Gasteiger partial charge in [-0.2, -0.15) is 9.61 Å². The Morgan fingerprint density at radius 2 is 2.44 bits per heavy atom. The first-order chi connectivity index (χ1) is 7.76. The van der Waals surface area contributed by atoms with E-state index in [-0.39, 0.29) is 11.9 Å². The fourth-order valence-corrected chi connectivity index (χ4v) is 2.39. The Labute approximate surface area is 96.3 Å². The third-order valence-corrected chi connectivity index (χ3v) is 3.21. The molecule has 1 atom stereocenters. The molecule has 2 aromatic heterocycles. The van der Waals surface area contributed by atoms with Crippen molar-refractivity contribution in [3.05, 3.63) is 11.3 Å². The van der Waals surface area contributed by atoms with Crippen LogP contribution in [0.2, 0.25) is 0 Å². The second-order valence-electron chi connectivity index (χ2n) is 3.21. The Bertz CT molecular complexity index is 464. The van der Waals surface area contributed by atoms with Gasteiger partial charge >= 0.3 is 5.97 Å². The maximum atomic E-state index is 11.7. The van der Waals surface area contributed by atoms with Crippen LogP contribution in [-0.4, -0.2) is 32.4 Å². The molecule has 0 radical (unpaired) electrons. The Balaban J connectivity index is 2.27. The highest BCUT2D eigenvalue weighted by Crippen LogP contribution is 2.25. The predicted octanol–water partition coefficient (Wildman–Crippen LogP) is 1.24. The number of ether oxygens (including phenoxy) is 1. The molecule has 0 aliphatic carbocycles. The predicted molar refractivity (Wildman–Crippen MR) is 58.3 cm³/mol. The molecule has 2 heterocycles. The van der Waals surface area contributed by atoms with Crippen molar-refractivity contribution < 1.29 is 9.53 Å². The van der Waals surface area contributed by atoms with Crippen molar-refractivity contribution in [2.24, 2.45) is 0 Å². The molecule has 0 amide bonds. The van der Waals surface area contributed by atoms with E-state index in [4.69, 9.17) is 4.74 Å². The van der Waals surface area contributed by atoms with E-state index in [1.165, 1.54) is 17.7 Å². The molecule has 0 aliphatic heterocycles. The van der Waals surface area contributed by atoms with Crippen molar-refractivity contribution in [1.82, 2.24) is 19.8 Å². The van der Waals surface area contributed by atoms with Gasteiger partial charge in [-0.1, -0.05) is 18.3 Å². The lowest BCUT2D eigenvalue weighted by atomic mass is 10.1. The van der Waals surface area contributed by atoms with Crippen molar-refractivity contribution in [1.29, 1.82) is 0 Å². The van der Waals surface area contributed by atoms with Crippen LogP contribution in [0.15, 0.2) is 6.33 Å². The quantitative estimate of drug-likeness (QED) is 0.752. The van der Waals surface area contributed by atoms with E-state index >= 15 is 0 Å². The van der Waals surface area contributed by atoms with E-state index in [1.54, 1.807) is 11.4 Å². The van der Waals surface area contributed by atoms with Crippen LogP contribution >= 0.6 is 11.3 Å². The molecule has 1 unspecified atom stereocenters. The van der Waals surface area contributed by atoms with Crippen LogP contribution in [0, 0.1) is 0 Å². The van der Waals surface area contributed by atoms with Crippen LogP contribution < -0.4 is 0 Å². The fraction of sp³-hybridized carbons (Fsp3) is 0.556. The Morgan fingerprint density at radius 1 is 1.62 bits per heavy atom. The van der Waals surface area contributed by atoms with Crippen molar-refractivity contribution in [3.8, 4) is 0 Å². The molecule has 2 aromatic rings. The van der Waals surface area contributed by atoms with Crippen molar-refractivity contribution in [2.45, 2.75) is 26.2 Å². The van der Waals surface area contributed by atoms with Crippen LogP contribution in [0.4, 0.5) is 0 Å². The van der Waals surface area contributed by atoms with Gasteiger partial charge in [-0.15, -0.1) is 10.2 Å². The van der Waals surface area contributed by atoms with Crippen LogP contribution in [0.25, 0.3) is 4.96 Å². The first kappa shape index (κ1) is 11.0. The fourth-order valence-electron chi connectivity index (χ4n) is 1.40. The molecular weight excluding hydrogens is 228 g/mol. The Hall–Kier alpha value is -1.50. The summed E-state index contributed by atoms with van der Waals surface area (Å²) in [5.41, 5.74) is 0. The number of fused-ring (bicyclic) bond motifs is 1. The second kappa shape index (κ2) is 4.56. The number of nitrogens with zero attached hydrogens (tertiary/aromatic N) is 4. The number of rotatable bonds is 4. The average molecular weight is 240 g/mol. The zero-order valence-corrected chi connectivity index (χ0v) is 9.90. The van der Waals surface area contributed by atoms with Gasteiger partial charge < -0.3 is 4.74 Å². The Kier molecular flexibility index (Phi) is 3.14. The molecule has 86 valence electrons. The van der Waals surface area contributed by atoms with E-state index in [1.807, 2.05) is 6.92 Å². The third-order valence-electron chi connectivity index (χ3n) is 2.18. The Morgan fingerprint density at radius 3 is 3.06 bits per heavy atom. The topological polar surface area (TPSA) is 69.4 Å². The molecule has 0 saturated carbocycles. The van der Waals surface area contributed by atoms with Crippen molar-refractivity contribution in [2.75, 3.05) is 6.61 Å². The van der Waals surface area contributed by atoms with Crippen LogP contribution in [-0.2, 0) is 9.53 Å². The minimum Gasteiger partial charge on any atom is -0.465 e. The number of hydrogen-bond donors (Lipinski definition) is 0. The van der Waals surface area contributed by atoms with Gasteiger partial charge in [0.15, 0.2) is 0 Å². The highest BCUT2D eigenvalue weighted by molar-refractivity contribution is 7.16. The smallest absolute Gasteiger partial charge is 0.315 e. The average Bonchev–Trinajstić information content (AvgIpc) is 2.79. The van der Waals surface area contributed by atoms with Crippen LogP contribution in [0.1, 0.15) is 31.2 Å². The van der Waals surface area contributed by atoms with E-state index < -0.39 is 0 Å². The van der Waals surface area contributed by atoms with Crippen molar-refractivity contribution in [3.63, 3.8) is 0 Å². The molecule has 0 aromatic carbocycles. The lowest BCUT2D eigenvalue weighted by molar-refractivity contribution is -0.145. The normalized spacial score (nSPS) is 12.9. The molecule has 0 spiro atoms. The van der Waals surface area contributed by atoms with Crippen LogP contribution in [0.5, 0.6) is 0 Å². The summed E-state index contributed by atoms with van der Waals surface area (Å²) in [6, 6.07) is 0. The zero-order chi connectivity index (χ0) is 11.5. The van der Waals surface area contributed by atoms with Crippen LogP contribution in [0.3, 0.4) is 0 Å². The summed E-state index contributed by atoms with van der Waals surface area (Å²) < 4.78 is 6.58. The summed E-state index contributed by atoms with van der Waals surface area (Å²) in [4.78, 5) is 12.4. The second-order valence-corrected chi connectivity index (χ2v) is 4.20. The molecule has 0 N–H and O–H groups in total. The minimum absolute atomic E-state index is 0.227. The summed E-state index contributed by atoms with van der Waals surface area (Å²) in [7, 11) is 0. The number of carbonyl (C=O) groups is 1. The van der Waals surface area contributed by atoms with Gasteiger partial charge in [0.25, 0.3) is 0 Å².